The van der Waals surface area contributed by atoms with E-state index in [-0.39, 0.29) is 5.91 Å². The van der Waals surface area contributed by atoms with Gasteiger partial charge in [0.05, 0.1) is 11.9 Å². The van der Waals surface area contributed by atoms with Gasteiger partial charge in [-0.1, -0.05) is 24.3 Å². The molecule has 1 aliphatic rings. The van der Waals surface area contributed by atoms with Gasteiger partial charge in [-0.15, -0.1) is 5.10 Å². The normalized spacial score (nSPS) is 14.4. The molecule has 138 valence electrons. The standard InChI is InChI=1S/C20H22N6O/c1-24(2)16-13-18(23-22-14-16)25-9-11-26(12-10-25)20(27)19-17-6-4-3-5-15(17)7-8-21-19/h3-8,13-14H,9-12H2,1-2H3. The number of amides is 1. The van der Waals surface area contributed by atoms with Crippen LogP contribution in [-0.2, 0) is 0 Å². The lowest BCUT2D eigenvalue weighted by Gasteiger charge is -2.35. The van der Waals surface area contributed by atoms with Crippen molar-refractivity contribution in [3.05, 3.63) is 54.5 Å². The molecule has 1 aromatic carbocycles. The first-order valence-corrected chi connectivity index (χ1v) is 9.01. The van der Waals surface area contributed by atoms with Crippen molar-refractivity contribution >= 4 is 28.2 Å². The Labute approximate surface area is 158 Å². The highest BCUT2D eigenvalue weighted by atomic mass is 16.2. The summed E-state index contributed by atoms with van der Waals surface area (Å²) in [5.74, 6) is 0.830. The van der Waals surface area contributed by atoms with Crippen LogP contribution in [0.25, 0.3) is 10.8 Å². The van der Waals surface area contributed by atoms with Crippen LogP contribution >= 0.6 is 0 Å². The summed E-state index contributed by atoms with van der Waals surface area (Å²) in [4.78, 5) is 23.4. The summed E-state index contributed by atoms with van der Waals surface area (Å²) >= 11 is 0. The van der Waals surface area contributed by atoms with Gasteiger partial charge in [0, 0.05) is 57.9 Å². The molecule has 1 saturated heterocycles. The van der Waals surface area contributed by atoms with Gasteiger partial charge in [-0.25, -0.2) is 0 Å². The van der Waals surface area contributed by atoms with E-state index in [2.05, 4.69) is 20.1 Å². The number of aromatic nitrogens is 3. The number of hydrogen-bond acceptors (Lipinski definition) is 6. The van der Waals surface area contributed by atoms with Crippen LogP contribution in [-0.4, -0.2) is 66.3 Å². The Hall–Kier alpha value is -3.22. The Morgan fingerprint density at radius 3 is 2.63 bits per heavy atom. The summed E-state index contributed by atoms with van der Waals surface area (Å²) in [5, 5.41) is 10.3. The highest BCUT2D eigenvalue weighted by Gasteiger charge is 2.25. The largest absolute Gasteiger partial charge is 0.376 e. The Morgan fingerprint density at radius 2 is 1.85 bits per heavy atom. The smallest absolute Gasteiger partial charge is 0.273 e. The molecule has 0 N–H and O–H groups in total. The molecular weight excluding hydrogens is 340 g/mol. The topological polar surface area (TPSA) is 65.5 Å². The Bertz CT molecular complexity index is 960. The van der Waals surface area contributed by atoms with E-state index in [1.165, 1.54) is 0 Å². The van der Waals surface area contributed by atoms with Crippen molar-refractivity contribution in [1.82, 2.24) is 20.1 Å². The minimum Gasteiger partial charge on any atom is -0.376 e. The molecule has 7 heteroatoms. The van der Waals surface area contributed by atoms with Gasteiger partial charge in [0.15, 0.2) is 5.82 Å². The van der Waals surface area contributed by atoms with Crippen molar-refractivity contribution in [3.8, 4) is 0 Å². The zero-order chi connectivity index (χ0) is 18.8. The molecule has 27 heavy (non-hydrogen) atoms. The van der Waals surface area contributed by atoms with Crippen LogP contribution in [0.3, 0.4) is 0 Å². The second-order valence-electron chi connectivity index (χ2n) is 6.83. The first-order chi connectivity index (χ1) is 13.1. The predicted octanol–water partition coefficient (Wildman–Crippen LogP) is 2.05. The molecule has 3 aromatic rings. The Morgan fingerprint density at radius 1 is 1.07 bits per heavy atom. The van der Waals surface area contributed by atoms with Crippen LogP contribution in [0, 0.1) is 0 Å². The molecule has 0 atom stereocenters. The van der Waals surface area contributed by atoms with E-state index in [1.807, 2.05) is 60.3 Å². The summed E-state index contributed by atoms with van der Waals surface area (Å²) in [6, 6.07) is 11.8. The minimum atomic E-state index is -0.0143. The van der Waals surface area contributed by atoms with Crippen molar-refractivity contribution in [1.29, 1.82) is 0 Å². The van der Waals surface area contributed by atoms with Gasteiger partial charge in [-0.2, -0.15) is 5.10 Å². The quantitative estimate of drug-likeness (QED) is 0.711. The fraction of sp³-hybridized carbons (Fsp3) is 0.300. The van der Waals surface area contributed by atoms with Crippen molar-refractivity contribution in [3.63, 3.8) is 0 Å². The maximum absolute atomic E-state index is 13.0. The molecule has 2 aromatic heterocycles. The average molecular weight is 362 g/mol. The van der Waals surface area contributed by atoms with Crippen molar-refractivity contribution < 1.29 is 4.79 Å². The van der Waals surface area contributed by atoms with E-state index in [9.17, 15) is 4.79 Å². The Balaban J connectivity index is 1.49. The number of rotatable bonds is 3. The van der Waals surface area contributed by atoms with Gasteiger partial charge in [-0.3, -0.25) is 9.78 Å². The number of anilines is 2. The second-order valence-corrected chi connectivity index (χ2v) is 6.83. The molecule has 7 nitrogen and oxygen atoms in total. The Kier molecular flexibility index (Phi) is 4.58. The van der Waals surface area contributed by atoms with Gasteiger partial charge in [0.25, 0.3) is 5.91 Å². The number of fused-ring (bicyclic) bond motifs is 1. The average Bonchev–Trinajstić information content (AvgIpc) is 2.73. The molecule has 1 amide bonds. The summed E-state index contributed by atoms with van der Waals surface area (Å²) in [7, 11) is 3.96. The molecule has 0 spiro atoms. The molecule has 0 saturated carbocycles. The highest BCUT2D eigenvalue weighted by molar-refractivity contribution is 6.05. The number of nitrogens with zero attached hydrogens (tertiary/aromatic N) is 6. The third-order valence-corrected chi connectivity index (χ3v) is 4.91. The summed E-state index contributed by atoms with van der Waals surface area (Å²) in [5.41, 5.74) is 1.54. The first-order valence-electron chi connectivity index (χ1n) is 9.01. The lowest BCUT2D eigenvalue weighted by atomic mass is 10.1. The van der Waals surface area contributed by atoms with Crippen LogP contribution < -0.4 is 9.80 Å². The highest BCUT2D eigenvalue weighted by Crippen LogP contribution is 2.21. The zero-order valence-corrected chi connectivity index (χ0v) is 15.5. The molecule has 0 unspecified atom stereocenters. The van der Waals surface area contributed by atoms with E-state index in [0.29, 0.717) is 18.8 Å². The summed E-state index contributed by atoms with van der Waals surface area (Å²) < 4.78 is 0. The zero-order valence-electron chi connectivity index (χ0n) is 15.5. The van der Waals surface area contributed by atoms with Crippen LogP contribution in [0.4, 0.5) is 11.5 Å². The van der Waals surface area contributed by atoms with E-state index in [4.69, 9.17) is 0 Å². The number of hydrogen-bond donors (Lipinski definition) is 0. The SMILES string of the molecule is CN(C)c1cnnc(N2CCN(C(=O)c3nccc4ccccc34)CC2)c1. The summed E-state index contributed by atoms with van der Waals surface area (Å²) in [6.45, 7) is 2.72. The monoisotopic (exact) mass is 362 g/mol. The summed E-state index contributed by atoms with van der Waals surface area (Å²) in [6.07, 6.45) is 3.45. The number of piperazine rings is 1. The van der Waals surface area contributed by atoms with Gasteiger partial charge >= 0.3 is 0 Å². The predicted molar refractivity (Wildman–Crippen MR) is 106 cm³/mol. The van der Waals surface area contributed by atoms with E-state index in [0.717, 1.165) is 35.4 Å². The van der Waals surface area contributed by atoms with Crippen molar-refractivity contribution in [2.75, 3.05) is 50.1 Å². The lowest BCUT2D eigenvalue weighted by molar-refractivity contribution is 0.0743. The van der Waals surface area contributed by atoms with Gasteiger partial charge in [-0.05, 0) is 11.5 Å². The van der Waals surface area contributed by atoms with Crippen LogP contribution in [0.2, 0.25) is 0 Å². The van der Waals surface area contributed by atoms with Crippen LogP contribution in [0.5, 0.6) is 0 Å². The van der Waals surface area contributed by atoms with Gasteiger partial charge in [0.1, 0.15) is 5.69 Å². The number of carbonyl (C=O) groups is 1. The minimum absolute atomic E-state index is 0.0143. The first kappa shape index (κ1) is 17.2. The van der Waals surface area contributed by atoms with Crippen LogP contribution in [0.15, 0.2) is 48.8 Å². The fourth-order valence-electron chi connectivity index (χ4n) is 3.32. The molecule has 0 aliphatic carbocycles. The van der Waals surface area contributed by atoms with Crippen LogP contribution in [0.1, 0.15) is 10.5 Å². The number of pyridine rings is 1. The van der Waals surface area contributed by atoms with E-state index in [1.54, 1.807) is 12.4 Å². The lowest BCUT2D eigenvalue weighted by Crippen LogP contribution is -2.49. The molecule has 1 fully saturated rings. The number of benzene rings is 1. The molecular formula is C20H22N6O. The maximum Gasteiger partial charge on any atom is 0.273 e. The maximum atomic E-state index is 13.0. The van der Waals surface area contributed by atoms with Crippen molar-refractivity contribution in [2.24, 2.45) is 0 Å². The molecule has 3 heterocycles. The third kappa shape index (κ3) is 3.40. The van der Waals surface area contributed by atoms with Crippen molar-refractivity contribution in [2.45, 2.75) is 0 Å². The molecule has 0 bridgehead atoms. The molecule has 4 rings (SSSR count). The molecule has 0 radical (unpaired) electrons. The fourth-order valence-corrected chi connectivity index (χ4v) is 3.32. The molecule has 1 aliphatic heterocycles. The van der Waals surface area contributed by atoms with Gasteiger partial charge < -0.3 is 14.7 Å². The number of carbonyl (C=O) groups excluding carboxylic acids is 1. The third-order valence-electron chi connectivity index (χ3n) is 4.91. The van der Waals surface area contributed by atoms with Gasteiger partial charge in [0.2, 0.25) is 0 Å². The van der Waals surface area contributed by atoms with E-state index < -0.39 is 0 Å². The van der Waals surface area contributed by atoms with E-state index >= 15 is 0 Å². The second kappa shape index (κ2) is 7.19.